The van der Waals surface area contributed by atoms with Gasteiger partial charge in [0.25, 0.3) is 0 Å². The summed E-state index contributed by atoms with van der Waals surface area (Å²) in [6, 6.07) is 11.0. The predicted molar refractivity (Wildman–Crippen MR) is 107 cm³/mol. The molecule has 3 atom stereocenters. The molecule has 0 aliphatic carbocycles. The number of aryl methyl sites for hydroxylation is 2. The maximum absolute atomic E-state index is 9.73. The van der Waals surface area contributed by atoms with E-state index in [2.05, 4.69) is 36.9 Å². The van der Waals surface area contributed by atoms with E-state index >= 15 is 0 Å². The van der Waals surface area contributed by atoms with Gasteiger partial charge in [-0.25, -0.2) is 0 Å². The van der Waals surface area contributed by atoms with Gasteiger partial charge >= 0.3 is 0 Å². The van der Waals surface area contributed by atoms with Gasteiger partial charge in [0.15, 0.2) is 0 Å². The minimum atomic E-state index is 0.00794. The van der Waals surface area contributed by atoms with E-state index in [1.54, 1.807) is 0 Å². The summed E-state index contributed by atoms with van der Waals surface area (Å²) in [5.74, 6) is 0.00794. The summed E-state index contributed by atoms with van der Waals surface area (Å²) >= 11 is 0. The molecule has 1 fully saturated rings. The van der Waals surface area contributed by atoms with Crippen LogP contribution in [0.1, 0.15) is 60.3 Å². The Labute approximate surface area is 162 Å². The first-order valence-electron chi connectivity index (χ1n) is 9.84. The van der Waals surface area contributed by atoms with Gasteiger partial charge in [-0.1, -0.05) is 12.1 Å². The van der Waals surface area contributed by atoms with Crippen LogP contribution in [-0.4, -0.2) is 28.0 Å². The third kappa shape index (κ3) is 4.35. The molecule has 5 nitrogen and oxygen atoms in total. The molecule has 27 heavy (non-hydrogen) atoms. The van der Waals surface area contributed by atoms with Crippen molar-refractivity contribution in [3.05, 3.63) is 59.2 Å². The first-order valence-corrected chi connectivity index (χ1v) is 9.84. The molecule has 0 saturated carbocycles. The highest BCUT2D eigenvalue weighted by atomic mass is 15.2. The smallest absolute Gasteiger partial charge is 0.0657 e. The first-order chi connectivity index (χ1) is 13.2. The largest absolute Gasteiger partial charge is 0.330 e. The molecule has 2 N–H and O–H groups in total. The molecule has 2 aromatic rings. The molecule has 3 heterocycles. The van der Waals surface area contributed by atoms with E-state index in [4.69, 9.17) is 15.7 Å². The van der Waals surface area contributed by atoms with Crippen LogP contribution in [0.15, 0.2) is 36.7 Å². The number of rotatable bonds is 6. The third-order valence-corrected chi connectivity index (χ3v) is 5.60. The Morgan fingerprint density at radius 2 is 1.59 bits per heavy atom. The molecule has 0 aromatic carbocycles. The Morgan fingerprint density at radius 3 is 2.04 bits per heavy atom. The minimum Gasteiger partial charge on any atom is -0.330 e. The van der Waals surface area contributed by atoms with Crippen LogP contribution in [0.25, 0.3) is 0 Å². The van der Waals surface area contributed by atoms with Gasteiger partial charge in [-0.2, -0.15) is 5.26 Å². The lowest BCUT2D eigenvalue weighted by atomic mass is 9.82. The van der Waals surface area contributed by atoms with E-state index in [0.717, 1.165) is 43.6 Å². The van der Waals surface area contributed by atoms with E-state index < -0.39 is 0 Å². The number of piperidine rings is 1. The van der Waals surface area contributed by atoms with Crippen molar-refractivity contribution >= 4 is 0 Å². The number of aromatic nitrogens is 2. The van der Waals surface area contributed by atoms with E-state index in [0.29, 0.717) is 6.54 Å². The molecular weight excluding hydrogens is 334 g/mol. The summed E-state index contributed by atoms with van der Waals surface area (Å²) < 4.78 is 0. The Balaban J connectivity index is 2.02. The fourth-order valence-corrected chi connectivity index (χ4v) is 4.21. The standard InChI is InChI=1S/C22H29N5/c1-16-7-5-10-25-21(16)19-13-18(15-24)14-20(27(19)12-4-3-9-23)22-17(2)8-6-11-26-22/h5-8,10-11,18-20H,3-4,9,12-14,23H2,1-2H3/t18-,19+,20-. The highest BCUT2D eigenvalue weighted by molar-refractivity contribution is 5.27. The van der Waals surface area contributed by atoms with Crippen molar-refractivity contribution in [2.45, 2.75) is 51.6 Å². The predicted octanol–water partition coefficient (Wildman–Crippen LogP) is 3.85. The summed E-state index contributed by atoms with van der Waals surface area (Å²) in [7, 11) is 0. The average molecular weight is 364 g/mol. The van der Waals surface area contributed by atoms with Crippen molar-refractivity contribution in [2.75, 3.05) is 13.1 Å². The first kappa shape index (κ1) is 19.5. The van der Waals surface area contributed by atoms with Gasteiger partial charge in [-0.05, 0) is 75.9 Å². The Kier molecular flexibility index (Phi) is 6.54. The van der Waals surface area contributed by atoms with Crippen molar-refractivity contribution < 1.29 is 0 Å². The van der Waals surface area contributed by atoms with Crippen molar-refractivity contribution in [2.24, 2.45) is 11.7 Å². The van der Waals surface area contributed by atoms with Crippen molar-refractivity contribution in [3.63, 3.8) is 0 Å². The average Bonchev–Trinajstić information content (AvgIpc) is 2.69. The van der Waals surface area contributed by atoms with Crippen LogP contribution < -0.4 is 5.73 Å². The normalized spacial score (nSPS) is 23.1. The maximum Gasteiger partial charge on any atom is 0.0657 e. The van der Waals surface area contributed by atoms with Crippen LogP contribution in [0, 0.1) is 31.1 Å². The molecule has 2 aromatic heterocycles. The maximum atomic E-state index is 9.73. The Bertz CT molecular complexity index is 742. The van der Waals surface area contributed by atoms with Gasteiger partial charge in [0.05, 0.1) is 35.5 Å². The number of hydrogen-bond donors (Lipinski definition) is 1. The molecule has 1 aliphatic rings. The van der Waals surface area contributed by atoms with Crippen LogP contribution in [0.4, 0.5) is 0 Å². The summed E-state index contributed by atoms with van der Waals surface area (Å²) in [4.78, 5) is 11.9. The third-order valence-electron chi connectivity index (χ3n) is 5.60. The number of hydrogen-bond acceptors (Lipinski definition) is 5. The number of pyridine rings is 2. The second-order valence-corrected chi connectivity index (χ2v) is 7.47. The van der Waals surface area contributed by atoms with E-state index in [-0.39, 0.29) is 18.0 Å². The Morgan fingerprint density at radius 1 is 1.04 bits per heavy atom. The molecule has 0 radical (unpaired) electrons. The van der Waals surface area contributed by atoms with Crippen LogP contribution >= 0.6 is 0 Å². The molecule has 0 unspecified atom stereocenters. The molecule has 1 saturated heterocycles. The zero-order valence-corrected chi connectivity index (χ0v) is 16.3. The number of nitrogens with zero attached hydrogens (tertiary/aromatic N) is 4. The highest BCUT2D eigenvalue weighted by Gasteiger charge is 2.39. The molecule has 0 bridgehead atoms. The fourth-order valence-electron chi connectivity index (χ4n) is 4.21. The van der Waals surface area contributed by atoms with E-state index in [1.165, 1.54) is 11.1 Å². The second kappa shape index (κ2) is 9.07. The Hall–Kier alpha value is -2.29. The molecule has 1 aliphatic heterocycles. The van der Waals surface area contributed by atoms with Gasteiger partial charge in [-0.3, -0.25) is 14.9 Å². The zero-order chi connectivity index (χ0) is 19.2. The van der Waals surface area contributed by atoms with Gasteiger partial charge in [0.1, 0.15) is 0 Å². The minimum absolute atomic E-state index is 0.00794. The lowest BCUT2D eigenvalue weighted by Gasteiger charge is -2.44. The summed E-state index contributed by atoms with van der Waals surface area (Å²) in [6.07, 6.45) is 7.39. The number of unbranched alkanes of at least 4 members (excludes halogenated alkanes) is 1. The van der Waals surface area contributed by atoms with Gasteiger partial charge in [0.2, 0.25) is 0 Å². The molecule has 0 amide bonds. The quantitative estimate of drug-likeness (QED) is 0.789. The van der Waals surface area contributed by atoms with Crippen LogP contribution in [0.2, 0.25) is 0 Å². The number of nitrogens with two attached hydrogens (primary N) is 1. The summed E-state index contributed by atoms with van der Waals surface area (Å²) in [5.41, 5.74) is 10.3. The van der Waals surface area contributed by atoms with Gasteiger partial charge in [-0.15, -0.1) is 0 Å². The van der Waals surface area contributed by atoms with Crippen LogP contribution in [0.5, 0.6) is 0 Å². The molecule has 0 spiro atoms. The lowest BCUT2D eigenvalue weighted by molar-refractivity contribution is 0.0571. The number of nitriles is 1. The van der Waals surface area contributed by atoms with Crippen molar-refractivity contribution in [1.29, 1.82) is 5.26 Å². The summed E-state index contributed by atoms with van der Waals surface area (Å²) in [6.45, 7) is 5.86. The molecular formula is C22H29N5. The van der Waals surface area contributed by atoms with E-state index in [1.807, 2.05) is 24.5 Å². The molecule has 142 valence electrons. The van der Waals surface area contributed by atoms with Crippen LogP contribution in [0.3, 0.4) is 0 Å². The second-order valence-electron chi connectivity index (χ2n) is 7.47. The molecule has 3 rings (SSSR count). The SMILES string of the molecule is Cc1cccnc1[C@H]1C[C@H](C#N)C[C@@H](c2ncccc2C)N1CCCCN. The topological polar surface area (TPSA) is 78.8 Å². The number of likely N-dealkylation sites (tertiary alicyclic amines) is 1. The van der Waals surface area contributed by atoms with Gasteiger partial charge < -0.3 is 5.73 Å². The van der Waals surface area contributed by atoms with Crippen molar-refractivity contribution in [3.8, 4) is 6.07 Å². The summed E-state index contributed by atoms with van der Waals surface area (Å²) in [5, 5.41) is 9.73. The highest BCUT2D eigenvalue weighted by Crippen LogP contribution is 2.44. The fraction of sp³-hybridized carbons (Fsp3) is 0.500. The zero-order valence-electron chi connectivity index (χ0n) is 16.3. The van der Waals surface area contributed by atoms with E-state index in [9.17, 15) is 5.26 Å². The van der Waals surface area contributed by atoms with Crippen LogP contribution in [-0.2, 0) is 0 Å². The van der Waals surface area contributed by atoms with Crippen molar-refractivity contribution in [1.82, 2.24) is 14.9 Å². The van der Waals surface area contributed by atoms with Gasteiger partial charge in [0, 0.05) is 12.4 Å². The molecule has 5 heteroatoms. The monoisotopic (exact) mass is 363 g/mol. The lowest BCUT2D eigenvalue weighted by Crippen LogP contribution is -2.41.